The van der Waals surface area contributed by atoms with E-state index in [-0.39, 0.29) is 5.91 Å². The standard InChI is InChI=1S/C20H26N4O2/c1-21-19(25)17-9-5-15(6-10-17)13-23-20(22-2)24(3)14-16-7-11-18(26-4)12-8-16/h5-12H,13-14H2,1-4H3,(H,21,25)(H,22,23). The smallest absolute Gasteiger partial charge is 0.251 e. The van der Waals surface area contributed by atoms with Crippen LogP contribution in [-0.2, 0) is 13.1 Å². The Labute approximate surface area is 154 Å². The first-order chi connectivity index (χ1) is 12.6. The monoisotopic (exact) mass is 354 g/mol. The lowest BCUT2D eigenvalue weighted by atomic mass is 10.1. The number of hydrogen-bond donors (Lipinski definition) is 2. The van der Waals surface area contributed by atoms with Crippen LogP contribution in [0.1, 0.15) is 21.5 Å². The Bertz CT molecular complexity index is 739. The molecule has 6 heteroatoms. The minimum Gasteiger partial charge on any atom is -0.497 e. The number of carbonyl (C=O) groups excluding carboxylic acids is 1. The van der Waals surface area contributed by atoms with Gasteiger partial charge in [-0.3, -0.25) is 9.79 Å². The van der Waals surface area contributed by atoms with Crippen molar-refractivity contribution in [2.45, 2.75) is 13.1 Å². The van der Waals surface area contributed by atoms with Crippen LogP contribution >= 0.6 is 0 Å². The summed E-state index contributed by atoms with van der Waals surface area (Å²) in [4.78, 5) is 18.0. The van der Waals surface area contributed by atoms with Crippen LogP contribution in [0.5, 0.6) is 5.75 Å². The number of benzene rings is 2. The van der Waals surface area contributed by atoms with Crippen molar-refractivity contribution in [1.82, 2.24) is 15.5 Å². The summed E-state index contributed by atoms with van der Waals surface area (Å²) < 4.78 is 5.19. The molecule has 0 atom stereocenters. The van der Waals surface area contributed by atoms with Gasteiger partial charge in [0.2, 0.25) is 0 Å². The van der Waals surface area contributed by atoms with Gasteiger partial charge in [0.15, 0.2) is 5.96 Å². The zero-order chi connectivity index (χ0) is 18.9. The fourth-order valence-corrected chi connectivity index (χ4v) is 2.56. The molecule has 0 radical (unpaired) electrons. The molecule has 2 rings (SSSR count). The highest BCUT2D eigenvalue weighted by atomic mass is 16.5. The largest absolute Gasteiger partial charge is 0.497 e. The number of amides is 1. The molecule has 0 aliphatic heterocycles. The second-order valence-electron chi connectivity index (χ2n) is 5.88. The molecule has 0 bridgehead atoms. The Morgan fingerprint density at radius 1 is 1.08 bits per heavy atom. The Morgan fingerprint density at radius 2 is 1.69 bits per heavy atom. The van der Waals surface area contributed by atoms with Gasteiger partial charge in [0, 0.05) is 39.8 Å². The van der Waals surface area contributed by atoms with Crippen LogP contribution in [0, 0.1) is 0 Å². The molecule has 2 aromatic rings. The zero-order valence-corrected chi connectivity index (χ0v) is 15.7. The van der Waals surface area contributed by atoms with Gasteiger partial charge in [0.1, 0.15) is 5.75 Å². The van der Waals surface area contributed by atoms with E-state index in [4.69, 9.17) is 4.74 Å². The maximum absolute atomic E-state index is 11.6. The van der Waals surface area contributed by atoms with Gasteiger partial charge in [0.25, 0.3) is 5.91 Å². The van der Waals surface area contributed by atoms with Crippen LogP contribution in [-0.4, -0.2) is 45.0 Å². The lowest BCUT2D eigenvalue weighted by Crippen LogP contribution is -2.38. The lowest BCUT2D eigenvalue weighted by molar-refractivity contribution is 0.0963. The average Bonchev–Trinajstić information content (AvgIpc) is 2.69. The minimum atomic E-state index is -0.0838. The third kappa shape index (κ3) is 5.24. The molecule has 0 aliphatic carbocycles. The highest BCUT2D eigenvalue weighted by molar-refractivity contribution is 5.93. The van der Waals surface area contributed by atoms with Crippen molar-refractivity contribution in [2.24, 2.45) is 4.99 Å². The van der Waals surface area contributed by atoms with Crippen molar-refractivity contribution >= 4 is 11.9 Å². The fourth-order valence-electron chi connectivity index (χ4n) is 2.56. The van der Waals surface area contributed by atoms with Gasteiger partial charge >= 0.3 is 0 Å². The second-order valence-corrected chi connectivity index (χ2v) is 5.88. The van der Waals surface area contributed by atoms with E-state index in [1.165, 1.54) is 5.56 Å². The first kappa shape index (κ1) is 19.3. The Hall–Kier alpha value is -3.02. The molecule has 1 amide bonds. The van der Waals surface area contributed by atoms with Crippen molar-refractivity contribution in [2.75, 3.05) is 28.3 Å². The number of guanidine groups is 1. The molecule has 0 spiro atoms. The molecule has 6 nitrogen and oxygen atoms in total. The number of carbonyl (C=O) groups is 1. The summed E-state index contributed by atoms with van der Waals surface area (Å²) in [5, 5.41) is 5.96. The van der Waals surface area contributed by atoms with Crippen molar-refractivity contribution in [3.05, 3.63) is 65.2 Å². The Morgan fingerprint density at radius 3 is 2.23 bits per heavy atom. The maximum atomic E-state index is 11.6. The Kier molecular flexibility index (Phi) is 7.02. The normalized spacial score (nSPS) is 11.0. The van der Waals surface area contributed by atoms with Gasteiger partial charge in [-0.25, -0.2) is 0 Å². The summed E-state index contributed by atoms with van der Waals surface area (Å²) >= 11 is 0. The van der Waals surface area contributed by atoms with Crippen molar-refractivity contribution in [1.29, 1.82) is 0 Å². The van der Waals surface area contributed by atoms with E-state index in [2.05, 4.69) is 20.5 Å². The molecule has 138 valence electrons. The van der Waals surface area contributed by atoms with E-state index in [0.29, 0.717) is 12.1 Å². The van der Waals surface area contributed by atoms with E-state index in [9.17, 15) is 4.79 Å². The number of rotatable bonds is 6. The van der Waals surface area contributed by atoms with Crippen LogP contribution in [0.15, 0.2) is 53.5 Å². The topological polar surface area (TPSA) is 66.0 Å². The van der Waals surface area contributed by atoms with Crippen LogP contribution in [0.4, 0.5) is 0 Å². The van der Waals surface area contributed by atoms with Gasteiger partial charge in [-0.2, -0.15) is 0 Å². The second kappa shape index (κ2) is 9.46. The van der Waals surface area contributed by atoms with Crippen LogP contribution in [0.3, 0.4) is 0 Å². The average molecular weight is 354 g/mol. The van der Waals surface area contributed by atoms with Gasteiger partial charge in [0.05, 0.1) is 7.11 Å². The predicted octanol–water partition coefficient (Wildman–Crippen LogP) is 2.26. The maximum Gasteiger partial charge on any atom is 0.251 e. The molecule has 0 saturated carbocycles. The van der Waals surface area contributed by atoms with E-state index in [0.717, 1.165) is 23.8 Å². The van der Waals surface area contributed by atoms with Gasteiger partial charge < -0.3 is 20.3 Å². The first-order valence-electron chi connectivity index (χ1n) is 8.43. The predicted molar refractivity (Wildman–Crippen MR) is 104 cm³/mol. The fraction of sp³-hybridized carbons (Fsp3) is 0.300. The summed E-state index contributed by atoms with van der Waals surface area (Å²) in [6, 6.07) is 15.5. The quantitative estimate of drug-likeness (QED) is 0.617. The van der Waals surface area contributed by atoms with Crippen LogP contribution in [0.25, 0.3) is 0 Å². The zero-order valence-electron chi connectivity index (χ0n) is 15.7. The molecule has 0 fully saturated rings. The van der Waals surface area contributed by atoms with Crippen LogP contribution in [0.2, 0.25) is 0 Å². The van der Waals surface area contributed by atoms with Crippen molar-refractivity contribution in [3.8, 4) is 5.75 Å². The van der Waals surface area contributed by atoms with E-state index >= 15 is 0 Å². The molecular formula is C20H26N4O2. The summed E-state index contributed by atoms with van der Waals surface area (Å²) in [5.74, 6) is 1.56. The first-order valence-corrected chi connectivity index (χ1v) is 8.43. The molecule has 0 unspecified atom stereocenters. The third-order valence-electron chi connectivity index (χ3n) is 4.05. The molecule has 0 aromatic heterocycles. The SMILES string of the molecule is CN=C(NCc1ccc(C(=O)NC)cc1)N(C)Cc1ccc(OC)cc1. The minimum absolute atomic E-state index is 0.0838. The number of hydrogen-bond acceptors (Lipinski definition) is 3. The van der Waals surface area contributed by atoms with Gasteiger partial charge in [-0.15, -0.1) is 0 Å². The number of aliphatic imine (C=N–C) groups is 1. The molecule has 0 aliphatic rings. The summed E-state index contributed by atoms with van der Waals surface area (Å²) in [6.45, 7) is 1.37. The molecule has 0 heterocycles. The Balaban J connectivity index is 1.92. The lowest BCUT2D eigenvalue weighted by Gasteiger charge is -2.22. The molecule has 0 saturated heterocycles. The number of nitrogens with one attached hydrogen (secondary N) is 2. The molecule has 2 aromatic carbocycles. The van der Waals surface area contributed by atoms with Crippen molar-refractivity contribution in [3.63, 3.8) is 0 Å². The highest BCUT2D eigenvalue weighted by Crippen LogP contribution is 2.12. The summed E-state index contributed by atoms with van der Waals surface area (Å²) in [5.41, 5.74) is 2.90. The van der Waals surface area contributed by atoms with Crippen molar-refractivity contribution < 1.29 is 9.53 Å². The van der Waals surface area contributed by atoms with E-state index in [1.807, 2.05) is 55.6 Å². The third-order valence-corrected chi connectivity index (χ3v) is 4.05. The van der Waals surface area contributed by atoms with E-state index in [1.54, 1.807) is 21.2 Å². The molecular weight excluding hydrogens is 328 g/mol. The van der Waals surface area contributed by atoms with Gasteiger partial charge in [-0.05, 0) is 35.4 Å². The van der Waals surface area contributed by atoms with Gasteiger partial charge in [-0.1, -0.05) is 24.3 Å². The number of ether oxygens (including phenoxy) is 1. The number of nitrogens with zero attached hydrogens (tertiary/aromatic N) is 2. The highest BCUT2D eigenvalue weighted by Gasteiger charge is 2.08. The van der Waals surface area contributed by atoms with E-state index < -0.39 is 0 Å². The van der Waals surface area contributed by atoms with Crippen LogP contribution < -0.4 is 15.4 Å². The number of methoxy groups -OCH3 is 1. The summed E-state index contributed by atoms with van der Waals surface area (Å²) in [7, 11) is 7.05. The molecule has 2 N–H and O–H groups in total. The molecule has 26 heavy (non-hydrogen) atoms. The summed E-state index contributed by atoms with van der Waals surface area (Å²) in [6.07, 6.45) is 0.